The summed E-state index contributed by atoms with van der Waals surface area (Å²) in [6, 6.07) is 4.00. The number of aromatic nitrogens is 4. The summed E-state index contributed by atoms with van der Waals surface area (Å²) in [5.41, 5.74) is 0. The molecule has 2 aromatic heterocycles. The van der Waals surface area contributed by atoms with E-state index in [0.29, 0.717) is 0 Å². The van der Waals surface area contributed by atoms with Crippen molar-refractivity contribution in [2.75, 3.05) is 0 Å². The van der Waals surface area contributed by atoms with Gasteiger partial charge in [-0.1, -0.05) is 13.8 Å². The van der Waals surface area contributed by atoms with Gasteiger partial charge < -0.3 is 0 Å². The van der Waals surface area contributed by atoms with Crippen molar-refractivity contribution in [1.82, 2.24) is 19.5 Å². The van der Waals surface area contributed by atoms with Crippen LogP contribution in [0.25, 0.3) is 0 Å². The fourth-order valence-corrected chi connectivity index (χ4v) is 1.52. The van der Waals surface area contributed by atoms with Crippen LogP contribution >= 0.6 is 0 Å². The Balaban J connectivity index is 2.54. The second-order valence-electron chi connectivity index (χ2n) is 3.11. The maximum Gasteiger partial charge on any atom is 0.152 e. The first-order chi connectivity index (χ1) is 6.86. The molecule has 74 valence electrons. The summed E-state index contributed by atoms with van der Waals surface area (Å²) in [5.74, 6) is 2.00. The summed E-state index contributed by atoms with van der Waals surface area (Å²) in [6.07, 6.45) is 5.79. The van der Waals surface area contributed by atoms with Gasteiger partial charge in [0, 0.05) is 25.2 Å². The molecule has 0 spiro atoms. The average molecular weight is 190 g/mol. The predicted molar refractivity (Wildman–Crippen MR) is 54.0 cm³/mol. The van der Waals surface area contributed by atoms with Crippen LogP contribution in [0.3, 0.4) is 0 Å². The van der Waals surface area contributed by atoms with Crippen LogP contribution in [0.1, 0.15) is 25.5 Å². The van der Waals surface area contributed by atoms with Crippen molar-refractivity contribution in [1.29, 1.82) is 0 Å². The van der Waals surface area contributed by atoms with Gasteiger partial charge in [-0.3, -0.25) is 4.68 Å². The maximum absolute atomic E-state index is 4.15. The molecule has 0 atom stereocenters. The molecule has 0 fully saturated rings. The molecule has 14 heavy (non-hydrogen) atoms. The lowest BCUT2D eigenvalue weighted by Crippen LogP contribution is -2.13. The van der Waals surface area contributed by atoms with E-state index in [1.165, 1.54) is 0 Å². The molecule has 0 amide bonds. The van der Waals surface area contributed by atoms with Gasteiger partial charge in [-0.05, 0) is 12.1 Å². The van der Waals surface area contributed by atoms with E-state index in [4.69, 9.17) is 0 Å². The van der Waals surface area contributed by atoms with E-state index in [1.54, 1.807) is 0 Å². The number of rotatable bonds is 3. The van der Waals surface area contributed by atoms with Crippen molar-refractivity contribution in [2.45, 2.75) is 26.7 Å². The molecule has 0 saturated carbocycles. The van der Waals surface area contributed by atoms with Gasteiger partial charge in [0.15, 0.2) is 11.6 Å². The lowest BCUT2D eigenvalue weighted by Gasteiger charge is -2.08. The van der Waals surface area contributed by atoms with Gasteiger partial charge in [-0.2, -0.15) is 0 Å². The summed E-state index contributed by atoms with van der Waals surface area (Å²) >= 11 is 0. The third-order valence-electron chi connectivity index (χ3n) is 2.22. The minimum absolute atomic E-state index is 0.894. The number of aryl methyl sites for hydroxylation is 2. The van der Waals surface area contributed by atoms with E-state index in [2.05, 4.69) is 28.7 Å². The van der Waals surface area contributed by atoms with Crippen LogP contribution < -0.4 is 0 Å². The van der Waals surface area contributed by atoms with Crippen LogP contribution in [0, 0.1) is 0 Å². The fourth-order valence-electron chi connectivity index (χ4n) is 1.52. The minimum atomic E-state index is 0.894. The summed E-state index contributed by atoms with van der Waals surface area (Å²) in [7, 11) is 0. The van der Waals surface area contributed by atoms with E-state index in [9.17, 15) is 0 Å². The summed E-state index contributed by atoms with van der Waals surface area (Å²) < 4.78 is 4.07. The van der Waals surface area contributed by atoms with E-state index < -0.39 is 0 Å². The highest BCUT2D eigenvalue weighted by molar-refractivity contribution is 5.01. The Kier molecular flexibility index (Phi) is 2.35. The normalized spacial score (nSPS) is 10.7. The quantitative estimate of drug-likeness (QED) is 0.735. The molecule has 4 heteroatoms. The highest BCUT2D eigenvalue weighted by Crippen LogP contribution is 2.05. The standard InChI is InChI=1S/C10H14N4/c1-3-9-11-12-10(4-2)14(9)13-7-5-6-8-13/h5-8H,3-4H2,1-2H3. The Bertz CT molecular complexity index is 378. The zero-order chi connectivity index (χ0) is 9.97. The SMILES string of the molecule is CCc1nnc(CC)n1-n1cccc1. The molecule has 2 aromatic rings. The molecule has 0 aliphatic rings. The Morgan fingerprint density at radius 2 is 1.50 bits per heavy atom. The van der Waals surface area contributed by atoms with Crippen LogP contribution in [0.15, 0.2) is 24.5 Å². The van der Waals surface area contributed by atoms with Crippen molar-refractivity contribution < 1.29 is 0 Å². The maximum atomic E-state index is 4.15. The van der Waals surface area contributed by atoms with Gasteiger partial charge in [-0.15, -0.1) is 10.2 Å². The third-order valence-corrected chi connectivity index (χ3v) is 2.22. The van der Waals surface area contributed by atoms with Crippen molar-refractivity contribution >= 4 is 0 Å². The zero-order valence-electron chi connectivity index (χ0n) is 8.51. The summed E-state index contributed by atoms with van der Waals surface area (Å²) in [5, 5.41) is 8.31. The van der Waals surface area contributed by atoms with Crippen LogP contribution in [-0.4, -0.2) is 19.5 Å². The molecule has 0 bridgehead atoms. The molecule has 0 saturated heterocycles. The van der Waals surface area contributed by atoms with Gasteiger partial charge in [-0.25, -0.2) is 4.68 Å². The van der Waals surface area contributed by atoms with Crippen LogP contribution in [0.5, 0.6) is 0 Å². The minimum Gasteiger partial charge on any atom is -0.261 e. The molecule has 4 nitrogen and oxygen atoms in total. The molecule has 0 aromatic carbocycles. The van der Waals surface area contributed by atoms with Gasteiger partial charge in [0.05, 0.1) is 0 Å². The highest BCUT2D eigenvalue weighted by Gasteiger charge is 2.09. The predicted octanol–water partition coefficient (Wildman–Crippen LogP) is 1.52. The first kappa shape index (κ1) is 8.99. The average Bonchev–Trinajstić information content (AvgIpc) is 2.85. The Morgan fingerprint density at radius 3 is 1.93 bits per heavy atom. The van der Waals surface area contributed by atoms with Crippen LogP contribution in [0.4, 0.5) is 0 Å². The smallest absolute Gasteiger partial charge is 0.152 e. The van der Waals surface area contributed by atoms with E-state index in [-0.39, 0.29) is 0 Å². The van der Waals surface area contributed by atoms with Crippen molar-refractivity contribution in [3.05, 3.63) is 36.2 Å². The van der Waals surface area contributed by atoms with Crippen molar-refractivity contribution in [2.24, 2.45) is 0 Å². The Morgan fingerprint density at radius 1 is 1.00 bits per heavy atom. The molecule has 2 heterocycles. The van der Waals surface area contributed by atoms with Gasteiger partial charge in [0.2, 0.25) is 0 Å². The largest absolute Gasteiger partial charge is 0.261 e. The molecule has 0 aliphatic heterocycles. The highest BCUT2D eigenvalue weighted by atomic mass is 15.5. The van der Waals surface area contributed by atoms with Gasteiger partial charge in [0.25, 0.3) is 0 Å². The van der Waals surface area contributed by atoms with Crippen LogP contribution in [0.2, 0.25) is 0 Å². The number of hydrogen-bond acceptors (Lipinski definition) is 2. The van der Waals surface area contributed by atoms with E-state index in [0.717, 1.165) is 24.5 Å². The number of nitrogens with zero attached hydrogens (tertiary/aromatic N) is 4. The molecule has 0 unspecified atom stereocenters. The molecule has 2 rings (SSSR count). The first-order valence-electron chi connectivity index (χ1n) is 4.93. The monoisotopic (exact) mass is 190 g/mol. The van der Waals surface area contributed by atoms with E-state index >= 15 is 0 Å². The van der Waals surface area contributed by atoms with Crippen LogP contribution in [-0.2, 0) is 12.8 Å². The molecular weight excluding hydrogens is 176 g/mol. The molecule has 0 N–H and O–H groups in total. The van der Waals surface area contributed by atoms with E-state index in [1.807, 2.05) is 29.2 Å². The van der Waals surface area contributed by atoms with Crippen molar-refractivity contribution in [3.8, 4) is 0 Å². The molecule has 0 radical (unpaired) electrons. The fraction of sp³-hybridized carbons (Fsp3) is 0.400. The number of hydrogen-bond donors (Lipinski definition) is 0. The molecule has 0 aliphatic carbocycles. The second kappa shape index (κ2) is 3.65. The Hall–Kier alpha value is -1.58. The topological polar surface area (TPSA) is 35.6 Å². The summed E-state index contributed by atoms with van der Waals surface area (Å²) in [6.45, 7) is 4.17. The van der Waals surface area contributed by atoms with Crippen molar-refractivity contribution in [3.63, 3.8) is 0 Å². The molecular formula is C10H14N4. The van der Waals surface area contributed by atoms with Gasteiger partial charge >= 0.3 is 0 Å². The van der Waals surface area contributed by atoms with Gasteiger partial charge in [0.1, 0.15) is 0 Å². The third kappa shape index (κ3) is 1.32. The first-order valence-corrected chi connectivity index (χ1v) is 4.93. The zero-order valence-corrected chi connectivity index (χ0v) is 8.51. The second-order valence-corrected chi connectivity index (χ2v) is 3.11. The lowest BCUT2D eigenvalue weighted by molar-refractivity contribution is 0.592. The Labute approximate surface area is 83.2 Å². The lowest BCUT2D eigenvalue weighted by atomic mass is 10.4. The summed E-state index contributed by atoms with van der Waals surface area (Å²) in [4.78, 5) is 0.